The molecule has 0 aromatic carbocycles. The van der Waals surface area contributed by atoms with Crippen LogP contribution in [0.4, 0.5) is 0 Å². The Kier molecular flexibility index (Phi) is 4.13. The van der Waals surface area contributed by atoms with E-state index in [1.807, 2.05) is 11.5 Å². The molecule has 0 unspecified atom stereocenters. The normalized spacial score (nSPS) is 9.00. The van der Waals surface area contributed by atoms with E-state index in [0.29, 0.717) is 6.54 Å². The molecule has 74 valence electrons. The summed E-state index contributed by atoms with van der Waals surface area (Å²) in [5, 5.41) is 10.2. The van der Waals surface area contributed by atoms with Crippen molar-refractivity contribution in [1.82, 2.24) is 20.1 Å². The number of halogens is 1. The number of hydrogen-bond acceptors (Lipinski definition) is 3. The molecule has 0 bridgehead atoms. The Balaban J connectivity index is 2.52. The SMILES string of the molecule is CCn1cnnc1CNC(=O)C#CBr. The van der Waals surface area contributed by atoms with Gasteiger partial charge in [-0.3, -0.25) is 4.79 Å². The minimum atomic E-state index is -0.340. The Labute approximate surface area is 90.0 Å². The van der Waals surface area contributed by atoms with Crippen molar-refractivity contribution in [3.63, 3.8) is 0 Å². The standard InChI is InChI=1S/C8H9BrN4O/c1-2-13-6-11-12-7(13)5-10-8(14)3-4-9/h6H,2,5H2,1H3,(H,10,14). The molecule has 0 saturated carbocycles. The minimum absolute atomic E-state index is 0.340. The van der Waals surface area contributed by atoms with Crippen molar-refractivity contribution in [3.05, 3.63) is 12.2 Å². The van der Waals surface area contributed by atoms with Crippen molar-refractivity contribution in [2.45, 2.75) is 20.0 Å². The van der Waals surface area contributed by atoms with Gasteiger partial charge >= 0.3 is 0 Å². The zero-order chi connectivity index (χ0) is 10.4. The highest BCUT2D eigenvalue weighted by molar-refractivity contribution is 9.12. The zero-order valence-electron chi connectivity index (χ0n) is 7.62. The molecule has 0 aliphatic carbocycles. The second kappa shape index (κ2) is 5.40. The van der Waals surface area contributed by atoms with Crippen LogP contribution in [0.25, 0.3) is 0 Å². The summed E-state index contributed by atoms with van der Waals surface area (Å²) in [6.07, 6.45) is 1.62. The Morgan fingerprint density at radius 2 is 2.57 bits per heavy atom. The van der Waals surface area contributed by atoms with E-state index in [2.05, 4.69) is 42.2 Å². The number of hydrogen-bond donors (Lipinski definition) is 1. The fraction of sp³-hybridized carbons (Fsp3) is 0.375. The maximum atomic E-state index is 11.0. The molecule has 1 aromatic rings. The molecular formula is C8H9BrN4O. The number of rotatable bonds is 3. The number of aryl methyl sites for hydroxylation is 1. The molecule has 1 heterocycles. The van der Waals surface area contributed by atoms with E-state index in [0.717, 1.165) is 12.4 Å². The molecule has 0 fully saturated rings. The Morgan fingerprint density at radius 1 is 1.79 bits per heavy atom. The molecule has 1 aromatic heterocycles. The van der Waals surface area contributed by atoms with Crippen molar-refractivity contribution in [2.24, 2.45) is 0 Å². The summed E-state index contributed by atoms with van der Waals surface area (Å²) in [7, 11) is 0. The first-order valence-electron chi connectivity index (χ1n) is 4.04. The minimum Gasteiger partial charge on any atom is -0.338 e. The molecule has 0 atom stereocenters. The van der Waals surface area contributed by atoms with E-state index >= 15 is 0 Å². The molecule has 1 N–H and O–H groups in total. The first-order chi connectivity index (χ1) is 6.77. The van der Waals surface area contributed by atoms with Gasteiger partial charge in [0.05, 0.1) is 6.54 Å². The Morgan fingerprint density at radius 3 is 3.21 bits per heavy atom. The zero-order valence-corrected chi connectivity index (χ0v) is 9.21. The van der Waals surface area contributed by atoms with Gasteiger partial charge in [0.1, 0.15) is 6.33 Å². The van der Waals surface area contributed by atoms with Crippen LogP contribution in [0.1, 0.15) is 12.7 Å². The van der Waals surface area contributed by atoms with Gasteiger partial charge < -0.3 is 9.88 Å². The van der Waals surface area contributed by atoms with Crippen LogP contribution in [0.3, 0.4) is 0 Å². The Hall–Kier alpha value is -1.35. The highest BCUT2D eigenvalue weighted by Gasteiger charge is 2.03. The van der Waals surface area contributed by atoms with Gasteiger partial charge in [-0.25, -0.2) is 0 Å². The first-order valence-corrected chi connectivity index (χ1v) is 4.83. The lowest BCUT2D eigenvalue weighted by molar-refractivity contribution is -0.115. The smallest absolute Gasteiger partial charge is 0.297 e. The van der Waals surface area contributed by atoms with Crippen LogP contribution < -0.4 is 5.32 Å². The van der Waals surface area contributed by atoms with E-state index in [-0.39, 0.29) is 5.91 Å². The predicted molar refractivity (Wildman–Crippen MR) is 54.2 cm³/mol. The van der Waals surface area contributed by atoms with Crippen molar-refractivity contribution in [3.8, 4) is 10.8 Å². The second-order valence-electron chi connectivity index (χ2n) is 2.44. The van der Waals surface area contributed by atoms with Gasteiger partial charge in [-0.05, 0) is 11.8 Å². The Bertz CT molecular complexity index is 376. The van der Waals surface area contributed by atoms with E-state index in [4.69, 9.17) is 0 Å². The van der Waals surface area contributed by atoms with Crippen LogP contribution in [0.2, 0.25) is 0 Å². The van der Waals surface area contributed by atoms with E-state index in [1.54, 1.807) is 6.33 Å². The number of amides is 1. The van der Waals surface area contributed by atoms with E-state index in [9.17, 15) is 4.79 Å². The molecule has 1 rings (SSSR count). The van der Waals surface area contributed by atoms with Gasteiger partial charge in [-0.15, -0.1) is 10.2 Å². The topological polar surface area (TPSA) is 59.8 Å². The summed E-state index contributed by atoms with van der Waals surface area (Å²) in [5.41, 5.74) is 0. The van der Waals surface area contributed by atoms with Crippen LogP contribution in [0.5, 0.6) is 0 Å². The molecule has 1 amide bonds. The molecule has 0 aliphatic rings. The first kappa shape index (κ1) is 10.7. The maximum absolute atomic E-state index is 11.0. The third-order valence-electron chi connectivity index (χ3n) is 1.60. The van der Waals surface area contributed by atoms with E-state index < -0.39 is 0 Å². The van der Waals surface area contributed by atoms with Crippen molar-refractivity contribution >= 4 is 21.8 Å². The number of aromatic nitrogens is 3. The molecule has 0 radical (unpaired) electrons. The van der Waals surface area contributed by atoms with Crippen LogP contribution in [-0.2, 0) is 17.9 Å². The van der Waals surface area contributed by atoms with Crippen LogP contribution in [0, 0.1) is 10.8 Å². The highest BCUT2D eigenvalue weighted by atomic mass is 79.9. The fourth-order valence-corrected chi connectivity index (χ4v) is 1.11. The highest BCUT2D eigenvalue weighted by Crippen LogP contribution is 1.93. The van der Waals surface area contributed by atoms with Gasteiger partial charge in [0.2, 0.25) is 0 Å². The van der Waals surface area contributed by atoms with Gasteiger partial charge in [0.15, 0.2) is 5.82 Å². The van der Waals surface area contributed by atoms with Gasteiger partial charge in [0, 0.05) is 28.4 Å². The number of carbonyl (C=O) groups excluding carboxylic acids is 1. The van der Waals surface area contributed by atoms with Gasteiger partial charge in [0.25, 0.3) is 5.91 Å². The molecule has 6 heteroatoms. The molecule has 0 aliphatic heterocycles. The van der Waals surface area contributed by atoms with Gasteiger partial charge in [-0.1, -0.05) is 0 Å². The third-order valence-corrected chi connectivity index (χ3v) is 1.80. The maximum Gasteiger partial charge on any atom is 0.297 e. The third kappa shape index (κ3) is 2.85. The van der Waals surface area contributed by atoms with Crippen LogP contribution >= 0.6 is 15.9 Å². The van der Waals surface area contributed by atoms with Crippen LogP contribution in [-0.4, -0.2) is 20.7 Å². The van der Waals surface area contributed by atoms with Crippen molar-refractivity contribution < 1.29 is 4.79 Å². The molecule has 5 nitrogen and oxygen atoms in total. The molecular weight excluding hydrogens is 248 g/mol. The second-order valence-corrected chi connectivity index (χ2v) is 2.83. The lowest BCUT2D eigenvalue weighted by Gasteiger charge is -2.02. The van der Waals surface area contributed by atoms with Crippen LogP contribution in [0.15, 0.2) is 6.33 Å². The monoisotopic (exact) mass is 256 g/mol. The molecule has 14 heavy (non-hydrogen) atoms. The number of nitrogens with one attached hydrogen (secondary N) is 1. The molecule has 0 saturated heterocycles. The fourth-order valence-electron chi connectivity index (χ4n) is 0.926. The average molecular weight is 257 g/mol. The summed E-state index contributed by atoms with van der Waals surface area (Å²) >= 11 is 2.84. The van der Waals surface area contributed by atoms with E-state index in [1.165, 1.54) is 0 Å². The summed E-state index contributed by atoms with van der Waals surface area (Å²) in [5.74, 6) is 2.68. The summed E-state index contributed by atoms with van der Waals surface area (Å²) in [6.45, 7) is 3.10. The lowest BCUT2D eigenvalue weighted by atomic mass is 10.5. The average Bonchev–Trinajstić information content (AvgIpc) is 2.62. The quantitative estimate of drug-likeness (QED) is 0.791. The molecule has 0 spiro atoms. The lowest BCUT2D eigenvalue weighted by Crippen LogP contribution is -2.22. The van der Waals surface area contributed by atoms with Crippen molar-refractivity contribution in [1.29, 1.82) is 0 Å². The van der Waals surface area contributed by atoms with Crippen molar-refractivity contribution in [2.75, 3.05) is 0 Å². The number of carbonyl (C=O) groups is 1. The van der Waals surface area contributed by atoms with Gasteiger partial charge in [-0.2, -0.15) is 0 Å². The summed E-state index contributed by atoms with van der Waals surface area (Å²) in [4.78, 5) is 13.3. The number of nitrogens with zero attached hydrogens (tertiary/aromatic N) is 3. The predicted octanol–water partition coefficient (Wildman–Crippen LogP) is 0.270. The largest absolute Gasteiger partial charge is 0.338 e. The summed E-state index contributed by atoms with van der Waals surface area (Å²) in [6, 6.07) is 0. The summed E-state index contributed by atoms with van der Waals surface area (Å²) < 4.78 is 1.85.